The standard InChI is InChI=1S/C11H19NO/c1-8(2)11(13)12-7-9-3-5-10(12)6-4-9/h8-10H,3-7H2,1-2H3. The van der Waals surface area contributed by atoms with Crippen LogP contribution >= 0.6 is 0 Å². The van der Waals surface area contributed by atoms with Gasteiger partial charge >= 0.3 is 0 Å². The van der Waals surface area contributed by atoms with Crippen LogP contribution in [0.1, 0.15) is 39.5 Å². The first kappa shape index (κ1) is 9.04. The van der Waals surface area contributed by atoms with E-state index in [2.05, 4.69) is 4.90 Å². The maximum absolute atomic E-state index is 11.8. The van der Waals surface area contributed by atoms with Crippen molar-refractivity contribution in [3.63, 3.8) is 0 Å². The van der Waals surface area contributed by atoms with Crippen LogP contribution in [0.2, 0.25) is 0 Å². The lowest BCUT2D eigenvalue weighted by Crippen LogP contribution is -2.52. The van der Waals surface area contributed by atoms with E-state index in [1.54, 1.807) is 0 Å². The molecule has 3 fully saturated rings. The Labute approximate surface area is 80.3 Å². The number of nitrogens with zero attached hydrogens (tertiary/aromatic N) is 1. The van der Waals surface area contributed by atoms with Crippen molar-refractivity contribution >= 4 is 5.91 Å². The van der Waals surface area contributed by atoms with E-state index in [1.807, 2.05) is 13.8 Å². The molecule has 74 valence electrons. The number of carbonyl (C=O) groups excluding carboxylic acids is 1. The summed E-state index contributed by atoms with van der Waals surface area (Å²) in [5.74, 6) is 1.36. The molecular formula is C11H19NO. The molecule has 0 atom stereocenters. The van der Waals surface area contributed by atoms with E-state index < -0.39 is 0 Å². The Morgan fingerprint density at radius 3 is 2.23 bits per heavy atom. The SMILES string of the molecule is CC(C)C(=O)N1CC2CCC1CC2. The van der Waals surface area contributed by atoms with E-state index in [9.17, 15) is 4.79 Å². The van der Waals surface area contributed by atoms with Crippen LogP contribution in [0.25, 0.3) is 0 Å². The third-order valence-electron chi connectivity index (χ3n) is 3.49. The fourth-order valence-electron chi connectivity index (χ4n) is 2.67. The van der Waals surface area contributed by atoms with E-state index in [4.69, 9.17) is 0 Å². The Morgan fingerprint density at radius 2 is 1.85 bits per heavy atom. The summed E-state index contributed by atoms with van der Waals surface area (Å²) in [5.41, 5.74) is 0. The second-order valence-corrected chi connectivity index (χ2v) is 4.82. The Morgan fingerprint density at radius 1 is 1.23 bits per heavy atom. The van der Waals surface area contributed by atoms with Crippen molar-refractivity contribution < 1.29 is 4.79 Å². The Balaban J connectivity index is 2.04. The molecule has 3 aliphatic rings. The van der Waals surface area contributed by atoms with Crippen molar-refractivity contribution in [2.75, 3.05) is 6.54 Å². The van der Waals surface area contributed by atoms with Crippen molar-refractivity contribution in [1.29, 1.82) is 0 Å². The molecule has 2 heterocycles. The lowest BCUT2D eigenvalue weighted by molar-refractivity contribution is -0.142. The van der Waals surface area contributed by atoms with Gasteiger partial charge in [0.15, 0.2) is 0 Å². The number of rotatable bonds is 1. The van der Waals surface area contributed by atoms with E-state index in [0.717, 1.165) is 12.5 Å². The summed E-state index contributed by atoms with van der Waals surface area (Å²) in [7, 11) is 0. The Bertz CT molecular complexity index is 204. The molecule has 13 heavy (non-hydrogen) atoms. The van der Waals surface area contributed by atoms with Crippen molar-refractivity contribution in [2.45, 2.75) is 45.6 Å². The van der Waals surface area contributed by atoms with Gasteiger partial charge in [-0.1, -0.05) is 13.8 Å². The van der Waals surface area contributed by atoms with E-state index >= 15 is 0 Å². The van der Waals surface area contributed by atoms with Gasteiger partial charge in [0.25, 0.3) is 0 Å². The fraction of sp³-hybridized carbons (Fsp3) is 0.909. The highest BCUT2D eigenvalue weighted by molar-refractivity contribution is 5.78. The van der Waals surface area contributed by atoms with Gasteiger partial charge in [-0.2, -0.15) is 0 Å². The highest BCUT2D eigenvalue weighted by atomic mass is 16.2. The lowest BCUT2D eigenvalue weighted by atomic mass is 9.79. The molecule has 2 nitrogen and oxygen atoms in total. The van der Waals surface area contributed by atoms with Crippen LogP contribution in [-0.4, -0.2) is 23.4 Å². The monoisotopic (exact) mass is 181 g/mol. The molecule has 0 aromatic rings. The molecule has 0 aromatic carbocycles. The molecule has 0 spiro atoms. The average Bonchev–Trinajstić information content (AvgIpc) is 2.18. The van der Waals surface area contributed by atoms with Gasteiger partial charge < -0.3 is 4.90 Å². The second-order valence-electron chi connectivity index (χ2n) is 4.82. The van der Waals surface area contributed by atoms with Crippen molar-refractivity contribution in [2.24, 2.45) is 11.8 Å². The van der Waals surface area contributed by atoms with Crippen LogP contribution in [0, 0.1) is 11.8 Å². The maximum atomic E-state index is 11.8. The lowest BCUT2D eigenvalue weighted by Gasteiger charge is -2.46. The van der Waals surface area contributed by atoms with Crippen LogP contribution in [0.3, 0.4) is 0 Å². The minimum absolute atomic E-state index is 0.180. The quantitative estimate of drug-likeness (QED) is 0.606. The molecule has 1 amide bonds. The summed E-state index contributed by atoms with van der Waals surface area (Å²) in [6, 6.07) is 0.583. The molecule has 3 rings (SSSR count). The first-order valence-corrected chi connectivity index (χ1v) is 5.49. The normalized spacial score (nSPS) is 32.7. The molecule has 2 aliphatic heterocycles. The highest BCUT2D eigenvalue weighted by Gasteiger charge is 2.36. The van der Waals surface area contributed by atoms with E-state index in [1.165, 1.54) is 25.7 Å². The molecule has 1 aliphatic carbocycles. The molecule has 0 aromatic heterocycles. The van der Waals surface area contributed by atoms with Gasteiger partial charge in [-0.05, 0) is 31.6 Å². The van der Waals surface area contributed by atoms with Crippen molar-refractivity contribution in [1.82, 2.24) is 4.90 Å². The summed E-state index contributed by atoms with van der Waals surface area (Å²) in [6.45, 7) is 5.05. The summed E-state index contributed by atoms with van der Waals surface area (Å²) in [4.78, 5) is 14.0. The van der Waals surface area contributed by atoms with Gasteiger partial charge in [0, 0.05) is 18.5 Å². The Kier molecular flexibility index (Phi) is 2.31. The van der Waals surface area contributed by atoms with Crippen molar-refractivity contribution in [3.05, 3.63) is 0 Å². The first-order valence-electron chi connectivity index (χ1n) is 5.49. The topological polar surface area (TPSA) is 20.3 Å². The van der Waals surface area contributed by atoms with Crippen LogP contribution in [0.4, 0.5) is 0 Å². The van der Waals surface area contributed by atoms with Gasteiger partial charge in [-0.25, -0.2) is 0 Å². The predicted octanol–water partition coefficient (Wildman–Crippen LogP) is 2.04. The van der Waals surface area contributed by atoms with Gasteiger partial charge in [0.1, 0.15) is 0 Å². The fourth-order valence-corrected chi connectivity index (χ4v) is 2.67. The van der Waals surface area contributed by atoms with E-state index in [0.29, 0.717) is 11.9 Å². The number of hydrogen-bond acceptors (Lipinski definition) is 1. The third kappa shape index (κ3) is 1.59. The summed E-state index contributed by atoms with van der Waals surface area (Å²) in [5, 5.41) is 0. The zero-order valence-corrected chi connectivity index (χ0v) is 8.62. The van der Waals surface area contributed by atoms with E-state index in [-0.39, 0.29) is 5.92 Å². The summed E-state index contributed by atoms with van der Waals surface area (Å²) in [6.07, 6.45) is 5.21. The number of hydrogen-bond donors (Lipinski definition) is 0. The van der Waals surface area contributed by atoms with Crippen molar-refractivity contribution in [3.8, 4) is 0 Å². The van der Waals surface area contributed by atoms with Crippen LogP contribution in [-0.2, 0) is 4.79 Å². The second kappa shape index (κ2) is 3.32. The van der Waals surface area contributed by atoms with Gasteiger partial charge in [0.05, 0.1) is 0 Å². The van der Waals surface area contributed by atoms with Gasteiger partial charge in [0.2, 0.25) is 5.91 Å². The average molecular weight is 181 g/mol. The maximum Gasteiger partial charge on any atom is 0.225 e. The molecule has 2 saturated heterocycles. The minimum atomic E-state index is 0.180. The number of carbonyl (C=O) groups is 1. The molecule has 0 N–H and O–H groups in total. The van der Waals surface area contributed by atoms with Gasteiger partial charge in [-0.15, -0.1) is 0 Å². The van der Waals surface area contributed by atoms with Crippen LogP contribution < -0.4 is 0 Å². The van der Waals surface area contributed by atoms with Crippen LogP contribution in [0.5, 0.6) is 0 Å². The number of amides is 1. The molecular weight excluding hydrogens is 162 g/mol. The molecule has 1 saturated carbocycles. The largest absolute Gasteiger partial charge is 0.339 e. The number of fused-ring (bicyclic) bond motifs is 3. The minimum Gasteiger partial charge on any atom is -0.339 e. The molecule has 2 bridgehead atoms. The van der Waals surface area contributed by atoms with Gasteiger partial charge in [-0.3, -0.25) is 4.79 Å². The third-order valence-corrected chi connectivity index (χ3v) is 3.49. The van der Waals surface area contributed by atoms with Crippen LogP contribution in [0.15, 0.2) is 0 Å². The molecule has 2 heteroatoms. The molecule has 0 unspecified atom stereocenters. The zero-order valence-electron chi connectivity index (χ0n) is 8.62. The highest BCUT2D eigenvalue weighted by Crippen LogP contribution is 2.35. The number of piperidine rings is 2. The Hall–Kier alpha value is -0.530. The zero-order chi connectivity index (χ0) is 9.42. The summed E-state index contributed by atoms with van der Waals surface area (Å²) < 4.78 is 0. The first-order chi connectivity index (χ1) is 6.18. The smallest absolute Gasteiger partial charge is 0.225 e. The predicted molar refractivity (Wildman–Crippen MR) is 52.3 cm³/mol. The summed E-state index contributed by atoms with van der Waals surface area (Å²) >= 11 is 0. The molecule has 0 radical (unpaired) electrons.